The fraction of sp³-hybridized carbons (Fsp3) is 1.00. The first-order valence-electron chi connectivity index (χ1n) is 11.4. The maximum Gasteiger partial charge on any atom is 0.0731 e. The van der Waals surface area contributed by atoms with Crippen LogP contribution in [0.1, 0.15) is 97.3 Å². The lowest BCUT2D eigenvalue weighted by Gasteiger charge is -2.63. The Labute approximate surface area is 155 Å². The van der Waals surface area contributed by atoms with E-state index in [0.717, 1.165) is 37.1 Å². The van der Waals surface area contributed by atoms with Crippen molar-refractivity contribution in [3.05, 3.63) is 0 Å². The molecular weight excluding hydrogens is 306 g/mol. The molecule has 4 rings (SSSR count). The van der Waals surface area contributed by atoms with Gasteiger partial charge >= 0.3 is 0 Å². The summed E-state index contributed by atoms with van der Waals surface area (Å²) in [6, 6.07) is 0. The van der Waals surface area contributed by atoms with Gasteiger partial charge < -0.3 is 10.8 Å². The summed E-state index contributed by atoms with van der Waals surface area (Å²) < 4.78 is 0. The molecule has 0 aromatic rings. The van der Waals surface area contributed by atoms with Gasteiger partial charge in [-0.05, 0) is 105 Å². The second-order valence-corrected chi connectivity index (χ2v) is 10.6. The van der Waals surface area contributed by atoms with Gasteiger partial charge in [0, 0.05) is 0 Å². The molecule has 4 fully saturated rings. The van der Waals surface area contributed by atoms with E-state index in [2.05, 4.69) is 13.8 Å². The Morgan fingerprint density at radius 2 is 1.72 bits per heavy atom. The molecule has 144 valence electrons. The highest BCUT2D eigenvalue weighted by Crippen LogP contribution is 2.69. The number of fused-ring (bicyclic) bond motifs is 5. The molecule has 25 heavy (non-hydrogen) atoms. The van der Waals surface area contributed by atoms with Crippen molar-refractivity contribution in [3.8, 4) is 0 Å². The lowest BCUT2D eigenvalue weighted by atomic mass is 9.43. The summed E-state index contributed by atoms with van der Waals surface area (Å²) >= 11 is 0. The number of aliphatic hydroxyl groups is 1. The first-order valence-corrected chi connectivity index (χ1v) is 11.4. The molecule has 2 nitrogen and oxygen atoms in total. The Hall–Kier alpha value is -0.0800. The van der Waals surface area contributed by atoms with Crippen molar-refractivity contribution in [2.45, 2.75) is 103 Å². The molecule has 0 amide bonds. The first kappa shape index (κ1) is 18.3. The van der Waals surface area contributed by atoms with Gasteiger partial charge in [0.2, 0.25) is 0 Å². The Balaban J connectivity index is 1.57. The predicted octanol–water partition coefficient (Wildman–Crippen LogP) is 5.28. The van der Waals surface area contributed by atoms with Crippen molar-refractivity contribution < 1.29 is 5.11 Å². The molecule has 0 aromatic carbocycles. The Bertz CT molecular complexity index is 492. The molecular formula is C23H41NO. The maximum absolute atomic E-state index is 11.9. The van der Waals surface area contributed by atoms with Crippen LogP contribution in [0.15, 0.2) is 0 Å². The number of rotatable bonds is 4. The van der Waals surface area contributed by atoms with E-state index in [1.807, 2.05) is 0 Å². The summed E-state index contributed by atoms with van der Waals surface area (Å²) in [4.78, 5) is 0. The molecule has 0 spiro atoms. The second-order valence-electron chi connectivity index (χ2n) is 10.6. The van der Waals surface area contributed by atoms with Gasteiger partial charge in [-0.25, -0.2) is 0 Å². The van der Waals surface area contributed by atoms with Crippen LogP contribution in [-0.4, -0.2) is 17.3 Å². The van der Waals surface area contributed by atoms with E-state index in [1.165, 1.54) is 70.6 Å². The van der Waals surface area contributed by atoms with Crippen molar-refractivity contribution in [1.29, 1.82) is 0 Å². The van der Waals surface area contributed by atoms with Gasteiger partial charge in [-0.15, -0.1) is 0 Å². The van der Waals surface area contributed by atoms with Crippen molar-refractivity contribution in [2.24, 2.45) is 40.2 Å². The van der Waals surface area contributed by atoms with Crippen LogP contribution in [0, 0.1) is 34.5 Å². The minimum Gasteiger partial charge on any atom is -0.389 e. The van der Waals surface area contributed by atoms with E-state index < -0.39 is 0 Å². The third-order valence-corrected chi connectivity index (χ3v) is 9.95. The molecule has 0 bridgehead atoms. The summed E-state index contributed by atoms with van der Waals surface area (Å²) in [6.07, 6.45) is 17.0. The monoisotopic (exact) mass is 347 g/mol. The quantitative estimate of drug-likeness (QED) is 0.680. The van der Waals surface area contributed by atoms with Gasteiger partial charge in [-0.3, -0.25) is 0 Å². The molecule has 0 radical (unpaired) electrons. The average molecular weight is 348 g/mol. The molecule has 2 heteroatoms. The van der Waals surface area contributed by atoms with Crippen LogP contribution in [0.5, 0.6) is 0 Å². The van der Waals surface area contributed by atoms with Crippen LogP contribution in [0.25, 0.3) is 0 Å². The molecule has 4 aliphatic rings. The van der Waals surface area contributed by atoms with Crippen molar-refractivity contribution in [1.82, 2.24) is 0 Å². The largest absolute Gasteiger partial charge is 0.389 e. The summed E-state index contributed by atoms with van der Waals surface area (Å²) in [7, 11) is 0. The topological polar surface area (TPSA) is 46.2 Å². The van der Waals surface area contributed by atoms with E-state index in [-0.39, 0.29) is 11.0 Å². The van der Waals surface area contributed by atoms with Crippen LogP contribution < -0.4 is 5.73 Å². The lowest BCUT2D eigenvalue weighted by molar-refractivity contribution is -0.199. The molecule has 0 aliphatic heterocycles. The van der Waals surface area contributed by atoms with E-state index in [9.17, 15) is 5.11 Å². The number of nitrogens with two attached hydrogens (primary N) is 1. The zero-order chi connectivity index (χ0) is 17.7. The van der Waals surface area contributed by atoms with Gasteiger partial charge in [-0.1, -0.05) is 33.1 Å². The van der Waals surface area contributed by atoms with Gasteiger partial charge in [0.15, 0.2) is 0 Å². The third-order valence-electron chi connectivity index (χ3n) is 9.95. The second kappa shape index (κ2) is 6.51. The zero-order valence-electron chi connectivity index (χ0n) is 16.7. The standard InChI is InChI=1S/C23H41NO/c1-21-13-5-3-7-17(21)9-10-20-19(21)12-15-23(25)18(8-4-6-16-24)11-14-22(20,23)2/h17-20,25H,3-16,24H2,1-2H3/t17?,18?,19?,20?,21?,22?,23-/m0/s1. The van der Waals surface area contributed by atoms with Crippen LogP contribution in [0.2, 0.25) is 0 Å². The number of hydrogen-bond acceptors (Lipinski definition) is 2. The molecule has 0 aromatic heterocycles. The Morgan fingerprint density at radius 1 is 0.880 bits per heavy atom. The van der Waals surface area contributed by atoms with E-state index in [0.29, 0.717) is 11.3 Å². The molecule has 4 aliphatic carbocycles. The highest BCUT2D eigenvalue weighted by molar-refractivity contribution is 5.16. The summed E-state index contributed by atoms with van der Waals surface area (Å²) in [6.45, 7) is 5.92. The van der Waals surface area contributed by atoms with Gasteiger partial charge in [0.25, 0.3) is 0 Å². The average Bonchev–Trinajstić information content (AvgIpc) is 2.86. The van der Waals surface area contributed by atoms with Crippen LogP contribution in [0.4, 0.5) is 0 Å². The van der Waals surface area contributed by atoms with E-state index in [4.69, 9.17) is 5.73 Å². The minimum atomic E-state index is -0.388. The summed E-state index contributed by atoms with van der Waals surface area (Å²) in [5.74, 6) is 3.14. The molecule has 7 atom stereocenters. The predicted molar refractivity (Wildman–Crippen MR) is 104 cm³/mol. The number of hydrogen-bond donors (Lipinski definition) is 2. The highest BCUT2D eigenvalue weighted by atomic mass is 16.3. The number of unbranched alkanes of at least 4 members (excludes halogenated alkanes) is 1. The maximum atomic E-state index is 11.9. The fourth-order valence-electron chi connectivity index (χ4n) is 8.41. The Morgan fingerprint density at radius 3 is 2.52 bits per heavy atom. The van der Waals surface area contributed by atoms with Crippen LogP contribution in [0.3, 0.4) is 0 Å². The van der Waals surface area contributed by atoms with Gasteiger partial charge in [0.05, 0.1) is 5.60 Å². The molecule has 4 saturated carbocycles. The normalized spacial score (nSPS) is 52.3. The SMILES string of the molecule is CC12CCCCC1CCC1C2CC[C@]2(O)C(CCCCN)CCC12C. The fourth-order valence-corrected chi connectivity index (χ4v) is 8.41. The minimum absolute atomic E-state index is 0.175. The lowest BCUT2D eigenvalue weighted by Crippen LogP contribution is -2.61. The van der Waals surface area contributed by atoms with E-state index >= 15 is 0 Å². The van der Waals surface area contributed by atoms with Crippen LogP contribution in [-0.2, 0) is 0 Å². The third kappa shape index (κ3) is 2.57. The summed E-state index contributed by atoms with van der Waals surface area (Å²) in [5, 5.41) is 11.9. The summed E-state index contributed by atoms with van der Waals surface area (Å²) in [5.41, 5.74) is 6.07. The van der Waals surface area contributed by atoms with Crippen molar-refractivity contribution in [2.75, 3.05) is 6.54 Å². The van der Waals surface area contributed by atoms with E-state index in [1.54, 1.807) is 0 Å². The Kier molecular flexibility index (Phi) is 4.77. The van der Waals surface area contributed by atoms with Crippen LogP contribution >= 0.6 is 0 Å². The van der Waals surface area contributed by atoms with Gasteiger partial charge in [-0.2, -0.15) is 0 Å². The van der Waals surface area contributed by atoms with Crippen molar-refractivity contribution in [3.63, 3.8) is 0 Å². The molecule has 0 heterocycles. The highest BCUT2D eigenvalue weighted by Gasteiger charge is 2.66. The molecule has 6 unspecified atom stereocenters. The molecule has 3 N–H and O–H groups in total. The van der Waals surface area contributed by atoms with Gasteiger partial charge in [0.1, 0.15) is 0 Å². The zero-order valence-corrected chi connectivity index (χ0v) is 16.7. The molecule has 0 saturated heterocycles. The first-order chi connectivity index (χ1) is 12.0. The van der Waals surface area contributed by atoms with Crippen molar-refractivity contribution >= 4 is 0 Å². The smallest absolute Gasteiger partial charge is 0.0731 e.